The highest BCUT2D eigenvalue weighted by Gasteiger charge is 2.36. The van der Waals surface area contributed by atoms with E-state index in [9.17, 15) is 18.7 Å². The van der Waals surface area contributed by atoms with Crippen LogP contribution in [0.3, 0.4) is 0 Å². The Labute approximate surface area is 167 Å². The van der Waals surface area contributed by atoms with Gasteiger partial charge in [0.1, 0.15) is 23.8 Å². The van der Waals surface area contributed by atoms with Crippen molar-refractivity contribution in [3.05, 3.63) is 23.7 Å². The van der Waals surface area contributed by atoms with Crippen molar-refractivity contribution in [2.24, 2.45) is 15.9 Å². The Hall–Kier alpha value is -1.54. The fraction of sp³-hybridized carbons (Fsp3) is 0.650. The number of alkyl halides is 1. The maximum Gasteiger partial charge on any atom is 0.241 e. The van der Waals surface area contributed by atoms with E-state index in [1.165, 1.54) is 6.08 Å². The van der Waals surface area contributed by atoms with Crippen LogP contribution in [0.15, 0.2) is 33.7 Å². The summed E-state index contributed by atoms with van der Waals surface area (Å²) in [6.45, 7) is 0. The second kappa shape index (κ2) is 8.45. The molecule has 2 saturated carbocycles. The molecular weight excluding hydrogens is 384 g/mol. The number of hydrogen-bond acceptors (Lipinski definition) is 5. The first-order valence-electron chi connectivity index (χ1n) is 9.98. The third kappa shape index (κ3) is 4.38. The quantitative estimate of drug-likeness (QED) is 0.749. The van der Waals surface area contributed by atoms with Crippen molar-refractivity contribution in [3.63, 3.8) is 0 Å². The minimum absolute atomic E-state index is 0.201. The van der Waals surface area contributed by atoms with Crippen molar-refractivity contribution in [1.29, 1.82) is 0 Å². The molecule has 0 aromatic rings. The van der Waals surface area contributed by atoms with Crippen LogP contribution < -0.4 is 5.32 Å². The van der Waals surface area contributed by atoms with E-state index in [-0.39, 0.29) is 6.10 Å². The number of nitrogens with one attached hydrogen (secondary N) is 1. The first-order valence-corrected chi connectivity index (χ1v) is 11.0. The van der Waals surface area contributed by atoms with Crippen LogP contribution in [-0.2, 0) is 4.79 Å². The van der Waals surface area contributed by atoms with Crippen molar-refractivity contribution in [1.82, 2.24) is 5.32 Å². The molecular formula is C20H25F2N3O2S. The Bertz CT molecular complexity index is 757. The standard InChI is InChI=1S/C20H25F2N3O2S/c21-14-2-1-3-16(14)23-11-8-15(22)19-17(9-11)24-18(25-20(19)27)10-28-13-6-4-12(26)5-7-13/h8-9,12-14,16,19,26H,1-7,10H2,(H,24,25,27)/t12?,13?,14-,16-,19?/m0/s1. The van der Waals surface area contributed by atoms with Gasteiger partial charge in [-0.15, -0.1) is 0 Å². The molecule has 4 aliphatic rings. The number of allylic oxidation sites excluding steroid dienone is 2. The number of amides is 1. The normalized spacial score (nSPS) is 37.1. The third-order valence-electron chi connectivity index (χ3n) is 5.76. The number of fused-ring (bicyclic) bond motifs is 1. The van der Waals surface area contributed by atoms with Gasteiger partial charge in [0.2, 0.25) is 5.91 Å². The lowest BCUT2D eigenvalue weighted by Gasteiger charge is -2.27. The molecule has 5 nitrogen and oxygen atoms in total. The minimum atomic E-state index is -1.04. The predicted molar refractivity (Wildman–Crippen MR) is 107 cm³/mol. The maximum absolute atomic E-state index is 14.5. The Balaban J connectivity index is 1.47. The smallest absolute Gasteiger partial charge is 0.241 e. The second-order valence-corrected chi connectivity index (χ2v) is 9.18. The SMILES string of the molecule is O=C1NC(CSC2CCC(O)CC2)=NC2=CC(=N[C@H]3CCC[C@@H]3F)C=C(F)C12. The Morgan fingerprint density at radius 1 is 1.21 bits per heavy atom. The summed E-state index contributed by atoms with van der Waals surface area (Å²) >= 11 is 1.70. The molecule has 0 bridgehead atoms. The van der Waals surface area contributed by atoms with E-state index in [4.69, 9.17) is 0 Å². The monoisotopic (exact) mass is 409 g/mol. The van der Waals surface area contributed by atoms with E-state index in [2.05, 4.69) is 15.3 Å². The second-order valence-electron chi connectivity index (χ2n) is 7.89. The van der Waals surface area contributed by atoms with Crippen molar-refractivity contribution in [2.45, 2.75) is 68.5 Å². The lowest BCUT2D eigenvalue weighted by molar-refractivity contribution is -0.122. The van der Waals surface area contributed by atoms with E-state index >= 15 is 0 Å². The molecule has 0 spiro atoms. The summed E-state index contributed by atoms with van der Waals surface area (Å²) in [6.07, 6.45) is 7.08. The average Bonchev–Trinajstić information content (AvgIpc) is 3.05. The average molecular weight is 410 g/mol. The van der Waals surface area contributed by atoms with Crippen LogP contribution in [0, 0.1) is 5.92 Å². The van der Waals surface area contributed by atoms with Crippen LogP contribution >= 0.6 is 11.8 Å². The Morgan fingerprint density at radius 3 is 2.71 bits per heavy atom. The summed E-state index contributed by atoms with van der Waals surface area (Å²) in [5.74, 6) is -1.01. The van der Waals surface area contributed by atoms with Gasteiger partial charge in [-0.25, -0.2) is 13.8 Å². The van der Waals surface area contributed by atoms with E-state index in [1.807, 2.05) is 0 Å². The molecule has 0 saturated heterocycles. The van der Waals surface area contributed by atoms with Crippen molar-refractivity contribution in [2.75, 3.05) is 5.75 Å². The molecule has 152 valence electrons. The largest absolute Gasteiger partial charge is 0.393 e. The van der Waals surface area contributed by atoms with Gasteiger partial charge in [0.05, 0.1) is 29.3 Å². The molecule has 0 aromatic heterocycles. The summed E-state index contributed by atoms with van der Waals surface area (Å²) < 4.78 is 28.4. The van der Waals surface area contributed by atoms with Gasteiger partial charge in [0.25, 0.3) is 0 Å². The minimum Gasteiger partial charge on any atom is -0.393 e. The van der Waals surface area contributed by atoms with Gasteiger partial charge in [-0.05, 0) is 57.1 Å². The molecule has 3 aliphatic carbocycles. The van der Waals surface area contributed by atoms with Crippen LogP contribution in [0.2, 0.25) is 0 Å². The molecule has 1 heterocycles. The van der Waals surface area contributed by atoms with Gasteiger partial charge in [0.15, 0.2) is 0 Å². The highest BCUT2D eigenvalue weighted by atomic mass is 32.2. The van der Waals surface area contributed by atoms with Gasteiger partial charge in [-0.3, -0.25) is 9.79 Å². The van der Waals surface area contributed by atoms with Crippen molar-refractivity contribution >= 4 is 29.2 Å². The summed E-state index contributed by atoms with van der Waals surface area (Å²) in [5.41, 5.74) is 0.690. The van der Waals surface area contributed by atoms with Crippen molar-refractivity contribution in [3.8, 4) is 0 Å². The summed E-state index contributed by atoms with van der Waals surface area (Å²) in [5, 5.41) is 12.7. The predicted octanol–water partition coefficient (Wildman–Crippen LogP) is 3.25. The van der Waals surface area contributed by atoms with Crippen LogP contribution in [0.25, 0.3) is 0 Å². The molecule has 2 N–H and O–H groups in total. The van der Waals surface area contributed by atoms with Gasteiger partial charge < -0.3 is 10.4 Å². The molecule has 1 unspecified atom stereocenters. The van der Waals surface area contributed by atoms with Gasteiger partial charge in [-0.1, -0.05) is 0 Å². The topological polar surface area (TPSA) is 74.0 Å². The number of halogens is 2. The number of thioether (sulfide) groups is 1. The summed E-state index contributed by atoms with van der Waals surface area (Å²) in [7, 11) is 0. The van der Waals surface area contributed by atoms with Gasteiger partial charge in [-0.2, -0.15) is 11.8 Å². The third-order valence-corrected chi connectivity index (χ3v) is 7.14. The molecule has 1 aliphatic heterocycles. The Kier molecular flexibility index (Phi) is 5.96. The van der Waals surface area contributed by atoms with Crippen LogP contribution in [-0.4, -0.2) is 51.9 Å². The first-order chi connectivity index (χ1) is 13.5. The highest BCUT2D eigenvalue weighted by Crippen LogP contribution is 2.33. The van der Waals surface area contributed by atoms with Crippen LogP contribution in [0.1, 0.15) is 44.9 Å². The van der Waals surface area contributed by atoms with E-state index in [0.717, 1.165) is 32.1 Å². The fourth-order valence-electron chi connectivity index (χ4n) is 4.18. The number of aliphatic imine (C=N–C) groups is 2. The molecule has 0 radical (unpaired) electrons. The Morgan fingerprint density at radius 2 is 2.00 bits per heavy atom. The van der Waals surface area contributed by atoms with E-state index < -0.39 is 29.9 Å². The molecule has 8 heteroatoms. The molecule has 4 rings (SSSR count). The number of amidine groups is 1. The zero-order valence-corrected chi connectivity index (χ0v) is 16.4. The zero-order chi connectivity index (χ0) is 19.7. The lowest BCUT2D eigenvalue weighted by Crippen LogP contribution is -2.43. The number of carbonyl (C=O) groups excluding carboxylic acids is 1. The molecule has 28 heavy (non-hydrogen) atoms. The molecule has 1 amide bonds. The highest BCUT2D eigenvalue weighted by molar-refractivity contribution is 8.00. The molecule has 0 aromatic carbocycles. The van der Waals surface area contributed by atoms with Crippen LogP contribution in [0.4, 0.5) is 8.78 Å². The number of nitrogens with zero attached hydrogens (tertiary/aromatic N) is 2. The molecule has 2 fully saturated rings. The van der Waals surface area contributed by atoms with Crippen LogP contribution in [0.5, 0.6) is 0 Å². The van der Waals surface area contributed by atoms with Crippen molar-refractivity contribution < 1.29 is 18.7 Å². The fourth-order valence-corrected chi connectivity index (χ4v) is 5.32. The van der Waals surface area contributed by atoms with Gasteiger partial charge >= 0.3 is 0 Å². The first kappa shape index (κ1) is 19.8. The maximum atomic E-state index is 14.5. The lowest BCUT2D eigenvalue weighted by atomic mass is 9.94. The summed E-state index contributed by atoms with van der Waals surface area (Å²) in [4.78, 5) is 21.2. The van der Waals surface area contributed by atoms with E-state index in [0.29, 0.717) is 41.1 Å². The molecule has 3 atom stereocenters. The van der Waals surface area contributed by atoms with E-state index in [1.54, 1.807) is 17.8 Å². The number of carbonyl (C=O) groups is 1. The number of rotatable bonds is 4. The zero-order valence-electron chi connectivity index (χ0n) is 15.6. The number of aliphatic hydroxyl groups is 1. The number of aliphatic hydroxyl groups excluding tert-OH is 1. The number of hydrogen-bond donors (Lipinski definition) is 2. The van der Waals surface area contributed by atoms with Gasteiger partial charge in [0, 0.05) is 5.25 Å². The summed E-state index contributed by atoms with van der Waals surface area (Å²) in [6, 6.07) is -0.439.